The number of allylic oxidation sites excluding steroid dienone is 5. The lowest BCUT2D eigenvalue weighted by Gasteiger charge is -2.09. The third kappa shape index (κ3) is 3.31. The minimum atomic E-state index is -0.633. The molecule has 0 saturated carbocycles. The lowest BCUT2D eigenvalue weighted by atomic mass is 10.2. The molecule has 0 bridgehead atoms. The second-order valence-corrected chi connectivity index (χ2v) is 3.95. The van der Waals surface area contributed by atoms with E-state index in [1.807, 2.05) is 19.9 Å². The summed E-state index contributed by atoms with van der Waals surface area (Å²) in [4.78, 5) is 23.6. The number of esters is 1. The van der Waals surface area contributed by atoms with Crippen molar-refractivity contribution in [1.82, 2.24) is 4.57 Å². The first-order valence-corrected chi connectivity index (χ1v) is 5.79. The van der Waals surface area contributed by atoms with Crippen molar-refractivity contribution in [2.45, 2.75) is 13.8 Å². The van der Waals surface area contributed by atoms with Gasteiger partial charge in [0.2, 0.25) is 0 Å². The van der Waals surface area contributed by atoms with Gasteiger partial charge in [-0.05, 0) is 31.6 Å². The molecule has 1 aromatic heterocycles. The van der Waals surface area contributed by atoms with Crippen molar-refractivity contribution in [3.8, 4) is 0 Å². The van der Waals surface area contributed by atoms with Gasteiger partial charge in [0.1, 0.15) is 5.56 Å². The van der Waals surface area contributed by atoms with Gasteiger partial charge in [0.25, 0.3) is 5.56 Å². The third-order valence-corrected chi connectivity index (χ3v) is 2.77. The van der Waals surface area contributed by atoms with Gasteiger partial charge in [-0.3, -0.25) is 9.36 Å². The molecule has 4 nitrogen and oxygen atoms in total. The van der Waals surface area contributed by atoms with E-state index in [9.17, 15) is 9.59 Å². The smallest absolute Gasteiger partial charge is 0.343 e. The molecule has 4 heteroatoms. The van der Waals surface area contributed by atoms with Gasteiger partial charge in [0.05, 0.1) is 7.11 Å². The van der Waals surface area contributed by atoms with Crippen LogP contribution in [-0.2, 0) is 4.74 Å². The van der Waals surface area contributed by atoms with E-state index in [0.29, 0.717) is 0 Å². The molecule has 19 heavy (non-hydrogen) atoms. The first-order chi connectivity index (χ1) is 9.02. The van der Waals surface area contributed by atoms with Gasteiger partial charge in [-0.1, -0.05) is 24.8 Å². The summed E-state index contributed by atoms with van der Waals surface area (Å²) in [6.07, 6.45) is 6.91. The zero-order valence-electron chi connectivity index (χ0n) is 11.3. The topological polar surface area (TPSA) is 48.3 Å². The van der Waals surface area contributed by atoms with E-state index in [1.54, 1.807) is 24.4 Å². The minimum absolute atomic E-state index is 0.0184. The van der Waals surface area contributed by atoms with Gasteiger partial charge < -0.3 is 4.74 Å². The van der Waals surface area contributed by atoms with Crippen LogP contribution in [0.5, 0.6) is 0 Å². The predicted octanol–water partition coefficient (Wildman–Crippen LogP) is 2.63. The third-order valence-electron chi connectivity index (χ3n) is 2.77. The second kappa shape index (κ2) is 6.54. The maximum Gasteiger partial charge on any atom is 0.343 e. The highest BCUT2D eigenvalue weighted by Crippen LogP contribution is 2.10. The van der Waals surface area contributed by atoms with Crippen LogP contribution in [-0.4, -0.2) is 17.6 Å². The van der Waals surface area contributed by atoms with Gasteiger partial charge in [0.15, 0.2) is 0 Å². The average Bonchev–Trinajstić information content (AvgIpc) is 2.43. The maximum absolute atomic E-state index is 12.2. The molecular weight excluding hydrogens is 242 g/mol. The molecule has 0 spiro atoms. The Hall–Kier alpha value is -2.36. The number of pyridine rings is 1. The lowest BCUT2D eigenvalue weighted by molar-refractivity contribution is 0.0598. The minimum Gasteiger partial charge on any atom is -0.465 e. The Kier molecular flexibility index (Phi) is 5.06. The number of hydrogen-bond donors (Lipinski definition) is 0. The van der Waals surface area contributed by atoms with Crippen LogP contribution in [0.3, 0.4) is 0 Å². The predicted molar refractivity (Wildman–Crippen MR) is 75.9 cm³/mol. The summed E-state index contributed by atoms with van der Waals surface area (Å²) in [6.45, 7) is 7.28. The van der Waals surface area contributed by atoms with Crippen LogP contribution >= 0.6 is 0 Å². The van der Waals surface area contributed by atoms with Gasteiger partial charge in [-0.25, -0.2) is 4.79 Å². The Morgan fingerprint density at radius 2 is 2.11 bits per heavy atom. The zero-order chi connectivity index (χ0) is 14.4. The summed E-state index contributed by atoms with van der Waals surface area (Å²) in [7, 11) is 1.25. The van der Waals surface area contributed by atoms with Crippen LogP contribution in [0, 0.1) is 0 Å². The number of carbonyl (C=O) groups is 1. The SMILES string of the molecule is C=C/C=C\C(C)=C(/C)n1cccc(C(=O)OC)c1=O. The number of methoxy groups -OCH3 is 1. The first kappa shape index (κ1) is 14.7. The average molecular weight is 259 g/mol. The Bertz CT molecular complexity index is 606. The molecule has 1 heterocycles. The van der Waals surface area contributed by atoms with E-state index in [-0.39, 0.29) is 5.56 Å². The summed E-state index contributed by atoms with van der Waals surface area (Å²) in [5.41, 5.74) is 1.28. The van der Waals surface area contributed by atoms with Crippen molar-refractivity contribution >= 4 is 11.7 Å². The van der Waals surface area contributed by atoms with Crippen molar-refractivity contribution in [3.05, 3.63) is 64.6 Å². The molecule has 1 aromatic rings. The molecule has 0 atom stereocenters. The summed E-state index contributed by atoms with van der Waals surface area (Å²) < 4.78 is 6.01. The van der Waals surface area contributed by atoms with Gasteiger partial charge in [-0.15, -0.1) is 0 Å². The standard InChI is InChI=1S/C15H17NO3/c1-5-6-8-11(2)12(3)16-10-7-9-13(14(16)17)15(18)19-4/h5-10H,1H2,2-4H3/b8-6-,12-11+. The Labute approximate surface area is 112 Å². The molecule has 0 saturated heterocycles. The van der Waals surface area contributed by atoms with Crippen LogP contribution in [0.25, 0.3) is 5.70 Å². The number of hydrogen-bond acceptors (Lipinski definition) is 3. The van der Waals surface area contributed by atoms with Crippen LogP contribution in [0.2, 0.25) is 0 Å². The van der Waals surface area contributed by atoms with Crippen molar-refractivity contribution in [2.75, 3.05) is 7.11 Å². The first-order valence-electron chi connectivity index (χ1n) is 5.79. The Morgan fingerprint density at radius 1 is 1.42 bits per heavy atom. The largest absolute Gasteiger partial charge is 0.465 e. The van der Waals surface area contributed by atoms with E-state index >= 15 is 0 Å². The summed E-state index contributed by atoms with van der Waals surface area (Å²) in [5.74, 6) is -0.633. The molecule has 0 N–H and O–H groups in total. The number of carbonyl (C=O) groups excluding carboxylic acids is 1. The number of nitrogens with zero attached hydrogens (tertiary/aromatic N) is 1. The molecule has 0 radical (unpaired) electrons. The van der Waals surface area contributed by atoms with E-state index < -0.39 is 11.5 Å². The summed E-state index contributed by atoms with van der Waals surface area (Å²) >= 11 is 0. The van der Waals surface area contributed by atoms with E-state index in [1.165, 1.54) is 17.7 Å². The van der Waals surface area contributed by atoms with Crippen molar-refractivity contribution in [1.29, 1.82) is 0 Å². The lowest BCUT2D eigenvalue weighted by Crippen LogP contribution is -2.25. The quantitative estimate of drug-likeness (QED) is 0.617. The van der Waals surface area contributed by atoms with Crippen LogP contribution < -0.4 is 5.56 Å². The van der Waals surface area contributed by atoms with Crippen molar-refractivity contribution in [3.63, 3.8) is 0 Å². The molecular formula is C15H17NO3. The molecule has 100 valence electrons. The fourth-order valence-corrected chi connectivity index (χ4v) is 1.55. The number of aromatic nitrogens is 1. The highest BCUT2D eigenvalue weighted by Gasteiger charge is 2.12. The van der Waals surface area contributed by atoms with E-state index in [4.69, 9.17) is 0 Å². The highest BCUT2D eigenvalue weighted by molar-refractivity contribution is 5.89. The second-order valence-electron chi connectivity index (χ2n) is 3.95. The normalized spacial score (nSPS) is 12.2. The molecule has 0 aliphatic heterocycles. The summed E-state index contributed by atoms with van der Waals surface area (Å²) in [6, 6.07) is 3.09. The maximum atomic E-state index is 12.2. The highest BCUT2D eigenvalue weighted by atomic mass is 16.5. The fourth-order valence-electron chi connectivity index (χ4n) is 1.55. The van der Waals surface area contributed by atoms with Crippen LogP contribution in [0.1, 0.15) is 24.2 Å². The van der Waals surface area contributed by atoms with Gasteiger partial charge in [-0.2, -0.15) is 0 Å². The molecule has 0 fully saturated rings. The van der Waals surface area contributed by atoms with E-state index in [2.05, 4.69) is 11.3 Å². The Morgan fingerprint density at radius 3 is 2.68 bits per heavy atom. The van der Waals surface area contributed by atoms with Gasteiger partial charge in [0, 0.05) is 11.9 Å². The Balaban J connectivity index is 3.37. The summed E-state index contributed by atoms with van der Waals surface area (Å²) in [5, 5.41) is 0. The molecule has 0 aliphatic rings. The van der Waals surface area contributed by atoms with E-state index in [0.717, 1.165) is 11.3 Å². The molecule has 0 amide bonds. The van der Waals surface area contributed by atoms with Crippen LogP contribution in [0.15, 0.2) is 53.5 Å². The molecule has 0 aromatic carbocycles. The zero-order valence-corrected chi connectivity index (χ0v) is 11.3. The fraction of sp³-hybridized carbons (Fsp3) is 0.200. The van der Waals surface area contributed by atoms with Crippen LogP contribution in [0.4, 0.5) is 0 Å². The number of rotatable bonds is 4. The van der Waals surface area contributed by atoms with Crippen molar-refractivity contribution in [2.24, 2.45) is 0 Å². The molecule has 1 rings (SSSR count). The number of ether oxygens (including phenoxy) is 1. The van der Waals surface area contributed by atoms with Gasteiger partial charge >= 0.3 is 5.97 Å². The molecule has 0 aliphatic carbocycles. The molecule has 0 unspecified atom stereocenters. The monoisotopic (exact) mass is 259 g/mol. The van der Waals surface area contributed by atoms with Crippen molar-refractivity contribution < 1.29 is 9.53 Å².